The molecule has 2 saturated carbocycles. The van der Waals surface area contributed by atoms with E-state index < -0.39 is 0 Å². The SMILES string of the molecule is CC1(C)CCCCC1c1cnc(CCNC2CC2)o1. The first kappa shape index (κ1) is 13.2. The van der Waals surface area contributed by atoms with Crippen molar-refractivity contribution in [3.63, 3.8) is 0 Å². The number of oxazole rings is 1. The van der Waals surface area contributed by atoms with E-state index in [-0.39, 0.29) is 0 Å². The smallest absolute Gasteiger partial charge is 0.195 e. The maximum atomic E-state index is 6.01. The van der Waals surface area contributed by atoms with E-state index in [1.165, 1.54) is 38.5 Å². The zero-order valence-electron chi connectivity index (χ0n) is 12.2. The molecule has 3 heteroatoms. The molecule has 3 nitrogen and oxygen atoms in total. The summed E-state index contributed by atoms with van der Waals surface area (Å²) in [6.45, 7) is 5.74. The van der Waals surface area contributed by atoms with Crippen LogP contribution in [0.2, 0.25) is 0 Å². The van der Waals surface area contributed by atoms with Crippen LogP contribution < -0.4 is 5.32 Å². The van der Waals surface area contributed by atoms with Crippen LogP contribution in [0.15, 0.2) is 10.6 Å². The molecule has 1 N–H and O–H groups in total. The average Bonchev–Trinajstić information content (AvgIpc) is 3.07. The standard InChI is InChI=1S/C16H26N2O/c1-16(2)9-4-3-5-13(16)14-11-18-15(19-14)8-10-17-12-6-7-12/h11-13,17H,3-10H2,1-2H3. The van der Waals surface area contributed by atoms with Gasteiger partial charge < -0.3 is 9.73 Å². The van der Waals surface area contributed by atoms with E-state index in [1.54, 1.807) is 0 Å². The topological polar surface area (TPSA) is 38.1 Å². The second kappa shape index (κ2) is 5.28. The van der Waals surface area contributed by atoms with Gasteiger partial charge in [0.25, 0.3) is 0 Å². The Bertz CT molecular complexity index is 420. The van der Waals surface area contributed by atoms with Crippen molar-refractivity contribution in [1.29, 1.82) is 0 Å². The van der Waals surface area contributed by atoms with Crippen molar-refractivity contribution in [2.45, 2.75) is 70.8 Å². The summed E-state index contributed by atoms with van der Waals surface area (Å²) < 4.78 is 6.01. The molecule has 0 saturated heterocycles. The van der Waals surface area contributed by atoms with Gasteiger partial charge in [-0.15, -0.1) is 0 Å². The Hall–Kier alpha value is -0.830. The van der Waals surface area contributed by atoms with Gasteiger partial charge in [0.2, 0.25) is 0 Å². The predicted octanol–water partition coefficient (Wildman–Crippen LogP) is 3.65. The maximum absolute atomic E-state index is 6.01. The molecule has 1 heterocycles. The number of nitrogens with one attached hydrogen (secondary N) is 1. The summed E-state index contributed by atoms with van der Waals surface area (Å²) in [7, 11) is 0. The minimum absolute atomic E-state index is 0.362. The third-order valence-corrected chi connectivity index (χ3v) is 4.77. The molecule has 2 aliphatic carbocycles. The first-order chi connectivity index (χ1) is 9.15. The molecule has 1 unspecified atom stereocenters. The van der Waals surface area contributed by atoms with Crippen LogP contribution in [0.3, 0.4) is 0 Å². The summed E-state index contributed by atoms with van der Waals surface area (Å²) in [4.78, 5) is 4.47. The van der Waals surface area contributed by atoms with Crippen molar-refractivity contribution in [1.82, 2.24) is 10.3 Å². The van der Waals surface area contributed by atoms with Gasteiger partial charge in [-0.25, -0.2) is 4.98 Å². The van der Waals surface area contributed by atoms with Crippen molar-refractivity contribution >= 4 is 0 Å². The van der Waals surface area contributed by atoms with Crippen molar-refractivity contribution in [2.75, 3.05) is 6.54 Å². The second-order valence-electron chi connectivity index (χ2n) is 6.92. The molecule has 1 atom stereocenters. The summed E-state index contributed by atoms with van der Waals surface area (Å²) in [6.07, 6.45) is 10.8. The molecule has 3 rings (SSSR count). The molecule has 0 aromatic carbocycles. The van der Waals surface area contributed by atoms with Gasteiger partial charge in [0.05, 0.1) is 6.20 Å². The summed E-state index contributed by atoms with van der Waals surface area (Å²) >= 11 is 0. The number of hydrogen-bond donors (Lipinski definition) is 1. The van der Waals surface area contributed by atoms with Gasteiger partial charge in [-0.3, -0.25) is 0 Å². The van der Waals surface area contributed by atoms with E-state index in [0.29, 0.717) is 11.3 Å². The maximum Gasteiger partial charge on any atom is 0.195 e. The molecule has 2 fully saturated rings. The molecular weight excluding hydrogens is 236 g/mol. The molecule has 2 aliphatic rings. The molecule has 0 radical (unpaired) electrons. The van der Waals surface area contributed by atoms with Crippen LogP contribution in [-0.4, -0.2) is 17.6 Å². The van der Waals surface area contributed by atoms with Crippen LogP contribution in [0.25, 0.3) is 0 Å². The van der Waals surface area contributed by atoms with Gasteiger partial charge in [0.15, 0.2) is 5.89 Å². The number of nitrogens with zero attached hydrogens (tertiary/aromatic N) is 1. The Morgan fingerprint density at radius 1 is 1.32 bits per heavy atom. The van der Waals surface area contributed by atoms with E-state index in [4.69, 9.17) is 4.42 Å². The Kier molecular flexibility index (Phi) is 3.66. The van der Waals surface area contributed by atoms with Gasteiger partial charge in [0.1, 0.15) is 5.76 Å². The highest BCUT2D eigenvalue weighted by atomic mass is 16.4. The van der Waals surface area contributed by atoms with Crippen LogP contribution in [0, 0.1) is 5.41 Å². The van der Waals surface area contributed by atoms with Crippen LogP contribution in [0.4, 0.5) is 0 Å². The van der Waals surface area contributed by atoms with Crippen LogP contribution >= 0.6 is 0 Å². The predicted molar refractivity (Wildman–Crippen MR) is 76.2 cm³/mol. The Morgan fingerprint density at radius 2 is 2.16 bits per heavy atom. The third kappa shape index (κ3) is 3.19. The van der Waals surface area contributed by atoms with Crippen LogP contribution in [-0.2, 0) is 6.42 Å². The molecule has 0 aliphatic heterocycles. The van der Waals surface area contributed by atoms with Gasteiger partial charge in [-0.2, -0.15) is 0 Å². The van der Waals surface area contributed by atoms with Crippen molar-refractivity contribution < 1.29 is 4.42 Å². The highest BCUT2D eigenvalue weighted by Gasteiger charge is 2.35. The third-order valence-electron chi connectivity index (χ3n) is 4.77. The fourth-order valence-corrected chi connectivity index (χ4v) is 3.29. The van der Waals surface area contributed by atoms with E-state index in [2.05, 4.69) is 24.1 Å². The molecule has 19 heavy (non-hydrogen) atoms. The highest BCUT2D eigenvalue weighted by molar-refractivity contribution is 5.08. The van der Waals surface area contributed by atoms with Gasteiger partial charge >= 0.3 is 0 Å². The van der Waals surface area contributed by atoms with E-state index >= 15 is 0 Å². The highest BCUT2D eigenvalue weighted by Crippen LogP contribution is 2.46. The molecular formula is C16H26N2O. The van der Waals surface area contributed by atoms with Gasteiger partial charge in [0, 0.05) is 24.9 Å². The monoisotopic (exact) mass is 262 g/mol. The molecule has 1 aromatic rings. The molecule has 1 aromatic heterocycles. The second-order valence-corrected chi connectivity index (χ2v) is 6.92. The first-order valence-corrected chi connectivity index (χ1v) is 7.83. The zero-order chi connectivity index (χ0) is 13.3. The normalized spacial score (nSPS) is 26.5. The number of hydrogen-bond acceptors (Lipinski definition) is 3. The summed E-state index contributed by atoms with van der Waals surface area (Å²) in [6, 6.07) is 0.770. The van der Waals surface area contributed by atoms with Crippen molar-refractivity contribution in [3.05, 3.63) is 17.8 Å². The Morgan fingerprint density at radius 3 is 2.89 bits per heavy atom. The molecule has 0 amide bonds. The summed E-state index contributed by atoms with van der Waals surface area (Å²) in [5.74, 6) is 2.58. The molecule has 106 valence electrons. The minimum Gasteiger partial charge on any atom is -0.445 e. The summed E-state index contributed by atoms with van der Waals surface area (Å²) in [5, 5.41) is 3.51. The quantitative estimate of drug-likeness (QED) is 0.880. The average molecular weight is 262 g/mol. The fourth-order valence-electron chi connectivity index (χ4n) is 3.29. The van der Waals surface area contributed by atoms with Crippen LogP contribution in [0.5, 0.6) is 0 Å². The minimum atomic E-state index is 0.362. The lowest BCUT2D eigenvalue weighted by molar-refractivity contribution is 0.176. The lowest BCUT2D eigenvalue weighted by Crippen LogP contribution is -2.25. The zero-order valence-corrected chi connectivity index (χ0v) is 12.2. The lowest BCUT2D eigenvalue weighted by atomic mass is 9.68. The largest absolute Gasteiger partial charge is 0.445 e. The Labute approximate surface area is 116 Å². The van der Waals surface area contributed by atoms with E-state index in [1.807, 2.05) is 6.20 Å². The molecule has 0 bridgehead atoms. The molecule has 0 spiro atoms. The summed E-state index contributed by atoms with van der Waals surface area (Å²) in [5.41, 5.74) is 0.362. The lowest BCUT2D eigenvalue weighted by Gasteiger charge is -2.37. The van der Waals surface area contributed by atoms with Crippen molar-refractivity contribution in [3.8, 4) is 0 Å². The van der Waals surface area contributed by atoms with E-state index in [0.717, 1.165) is 30.7 Å². The van der Waals surface area contributed by atoms with Gasteiger partial charge in [-0.05, 0) is 31.1 Å². The number of aromatic nitrogens is 1. The number of rotatable bonds is 5. The van der Waals surface area contributed by atoms with Gasteiger partial charge in [-0.1, -0.05) is 26.7 Å². The van der Waals surface area contributed by atoms with Crippen molar-refractivity contribution in [2.24, 2.45) is 5.41 Å². The fraction of sp³-hybridized carbons (Fsp3) is 0.812. The van der Waals surface area contributed by atoms with E-state index in [9.17, 15) is 0 Å². The Balaban J connectivity index is 1.59. The first-order valence-electron chi connectivity index (χ1n) is 7.83. The van der Waals surface area contributed by atoms with Crippen LogP contribution in [0.1, 0.15) is 69.9 Å².